The van der Waals surface area contributed by atoms with E-state index in [0.29, 0.717) is 18.6 Å². The van der Waals surface area contributed by atoms with Crippen molar-refractivity contribution in [2.24, 2.45) is 5.73 Å². The minimum Gasteiger partial charge on any atom is -0.489 e. The molecule has 0 aliphatic carbocycles. The van der Waals surface area contributed by atoms with Crippen LogP contribution in [-0.2, 0) is 9.53 Å². The van der Waals surface area contributed by atoms with Crippen LogP contribution in [0.3, 0.4) is 0 Å². The number of ether oxygens (including phenoxy) is 2. The quantitative estimate of drug-likeness (QED) is 0.432. The van der Waals surface area contributed by atoms with Gasteiger partial charge in [0.25, 0.3) is 6.47 Å². The molecule has 0 aromatic heterocycles. The second-order valence-electron chi connectivity index (χ2n) is 4.40. The van der Waals surface area contributed by atoms with Gasteiger partial charge in [-0.2, -0.15) is 0 Å². The molecule has 2 N–H and O–H groups in total. The smallest absolute Gasteiger partial charge is 0.293 e. The van der Waals surface area contributed by atoms with E-state index in [1.165, 1.54) is 0 Å². The average Bonchev–Trinajstić information content (AvgIpc) is 2.53. The first-order valence-electron chi connectivity index (χ1n) is 6.49. The molecule has 0 unspecified atom stereocenters. The van der Waals surface area contributed by atoms with E-state index in [9.17, 15) is 9.59 Å². The molecule has 0 saturated carbocycles. The summed E-state index contributed by atoms with van der Waals surface area (Å²) >= 11 is 2.18. The molecule has 6 heteroatoms. The molecule has 0 bridgehead atoms. The van der Waals surface area contributed by atoms with Crippen LogP contribution in [0.2, 0.25) is 0 Å². The number of carbonyl (C=O) groups excluding carboxylic acids is 2. The molecule has 0 radical (unpaired) electrons. The minimum atomic E-state index is -0.442. The Bertz CT molecular complexity index is 670. The lowest BCUT2D eigenvalue weighted by Crippen LogP contribution is -2.10. The number of rotatable bonds is 7. The summed E-state index contributed by atoms with van der Waals surface area (Å²) in [7, 11) is 0. The van der Waals surface area contributed by atoms with Gasteiger partial charge >= 0.3 is 0 Å². The Hall–Kier alpha value is -2.09. The molecule has 22 heavy (non-hydrogen) atoms. The van der Waals surface area contributed by atoms with Gasteiger partial charge in [0.1, 0.15) is 19.0 Å². The second kappa shape index (κ2) is 7.79. The van der Waals surface area contributed by atoms with Gasteiger partial charge in [0.2, 0.25) is 5.91 Å². The van der Waals surface area contributed by atoms with Crippen LogP contribution in [0.5, 0.6) is 5.75 Å². The summed E-state index contributed by atoms with van der Waals surface area (Å²) in [5, 5.41) is 0. The summed E-state index contributed by atoms with van der Waals surface area (Å²) < 4.78 is 11.0. The highest BCUT2D eigenvalue weighted by atomic mass is 127. The fraction of sp³-hybridized carbons (Fsp3) is 0.125. The number of halogens is 1. The number of nitrogens with two attached hydrogens (primary N) is 1. The summed E-state index contributed by atoms with van der Waals surface area (Å²) in [6, 6.07) is 12.9. The molecule has 2 rings (SSSR count). The number of hydrogen-bond acceptors (Lipinski definition) is 4. The lowest BCUT2D eigenvalue weighted by molar-refractivity contribution is -0.129. The van der Waals surface area contributed by atoms with Crippen LogP contribution in [0.1, 0.15) is 10.4 Å². The number of carbonyl (C=O) groups is 2. The molecular weight excluding hydrogens is 397 g/mol. The highest BCUT2D eigenvalue weighted by molar-refractivity contribution is 14.1. The summed E-state index contributed by atoms with van der Waals surface area (Å²) in [6.45, 7) is 0.921. The van der Waals surface area contributed by atoms with Crippen molar-refractivity contribution < 1.29 is 19.1 Å². The van der Waals surface area contributed by atoms with Crippen molar-refractivity contribution in [3.05, 3.63) is 51.6 Å². The third kappa shape index (κ3) is 4.20. The number of primary amides is 1. The fourth-order valence-corrected chi connectivity index (χ4v) is 2.54. The maximum Gasteiger partial charge on any atom is 0.293 e. The monoisotopic (exact) mass is 411 g/mol. The van der Waals surface area contributed by atoms with E-state index < -0.39 is 5.91 Å². The van der Waals surface area contributed by atoms with Crippen LogP contribution >= 0.6 is 22.6 Å². The molecule has 0 fully saturated rings. The summed E-state index contributed by atoms with van der Waals surface area (Å²) in [5.41, 5.74) is 7.70. The summed E-state index contributed by atoms with van der Waals surface area (Å²) in [4.78, 5) is 21.1. The molecule has 1 amide bonds. The predicted molar refractivity (Wildman–Crippen MR) is 90.6 cm³/mol. The van der Waals surface area contributed by atoms with Gasteiger partial charge < -0.3 is 15.2 Å². The Morgan fingerprint density at radius 2 is 1.77 bits per heavy atom. The first-order valence-corrected chi connectivity index (χ1v) is 7.57. The molecule has 0 spiro atoms. The number of hydrogen-bond donors (Lipinski definition) is 1. The Morgan fingerprint density at radius 3 is 2.36 bits per heavy atom. The van der Waals surface area contributed by atoms with Crippen molar-refractivity contribution in [1.82, 2.24) is 0 Å². The summed E-state index contributed by atoms with van der Waals surface area (Å²) in [5.74, 6) is 0.287. The molecule has 2 aromatic carbocycles. The van der Waals surface area contributed by atoms with Crippen molar-refractivity contribution >= 4 is 35.0 Å². The van der Waals surface area contributed by atoms with Crippen LogP contribution < -0.4 is 10.5 Å². The van der Waals surface area contributed by atoms with Gasteiger partial charge in [-0.1, -0.05) is 18.2 Å². The maximum absolute atomic E-state index is 11.1. The predicted octanol–water partition coefficient (Wildman–Crippen LogP) is 2.61. The lowest BCUT2D eigenvalue weighted by Gasteiger charge is -2.10. The minimum absolute atomic E-state index is 0.218. The molecule has 0 saturated heterocycles. The van der Waals surface area contributed by atoms with Crippen LogP contribution in [0.25, 0.3) is 11.1 Å². The highest BCUT2D eigenvalue weighted by Crippen LogP contribution is 2.28. The van der Waals surface area contributed by atoms with Crippen molar-refractivity contribution in [2.45, 2.75) is 0 Å². The zero-order valence-electron chi connectivity index (χ0n) is 11.6. The third-order valence-corrected chi connectivity index (χ3v) is 3.80. The second-order valence-corrected chi connectivity index (χ2v) is 5.56. The van der Waals surface area contributed by atoms with E-state index in [2.05, 4.69) is 27.3 Å². The zero-order chi connectivity index (χ0) is 15.9. The number of benzene rings is 2. The molecule has 114 valence electrons. The molecule has 0 aliphatic heterocycles. The molecule has 0 aliphatic rings. The maximum atomic E-state index is 11.1. The SMILES string of the molecule is NC(=O)c1ccc(-c2ccc(OCCOC=O)c(I)c2)cc1. The standard InChI is InChI=1S/C16H14INO4/c17-14-9-13(5-6-15(14)22-8-7-21-10-19)11-1-3-12(4-2-11)16(18)20/h1-6,9-10H,7-8H2,(H2,18,20). The Morgan fingerprint density at radius 1 is 1.09 bits per heavy atom. The molecule has 0 heterocycles. The van der Waals surface area contributed by atoms with Crippen LogP contribution in [0, 0.1) is 3.57 Å². The normalized spacial score (nSPS) is 10.0. The van der Waals surface area contributed by atoms with E-state index in [-0.39, 0.29) is 6.61 Å². The van der Waals surface area contributed by atoms with Crippen molar-refractivity contribution in [1.29, 1.82) is 0 Å². The van der Waals surface area contributed by atoms with E-state index in [1.54, 1.807) is 12.1 Å². The van der Waals surface area contributed by atoms with E-state index in [4.69, 9.17) is 10.5 Å². The first-order chi connectivity index (χ1) is 10.6. The van der Waals surface area contributed by atoms with Gasteiger partial charge in [-0.25, -0.2) is 0 Å². The number of amides is 1. The van der Waals surface area contributed by atoms with Gasteiger partial charge in [0.05, 0.1) is 3.57 Å². The van der Waals surface area contributed by atoms with Crippen LogP contribution in [-0.4, -0.2) is 25.6 Å². The van der Waals surface area contributed by atoms with Crippen molar-refractivity contribution in [3.8, 4) is 16.9 Å². The van der Waals surface area contributed by atoms with Gasteiger partial charge in [-0.05, 0) is 58.0 Å². The summed E-state index contributed by atoms with van der Waals surface area (Å²) in [6.07, 6.45) is 0. The topological polar surface area (TPSA) is 78.6 Å². The van der Waals surface area contributed by atoms with E-state index in [0.717, 1.165) is 20.4 Å². The first kappa shape index (κ1) is 16.3. The Kier molecular flexibility index (Phi) is 5.76. The third-order valence-electron chi connectivity index (χ3n) is 2.96. The van der Waals surface area contributed by atoms with Crippen molar-refractivity contribution in [3.63, 3.8) is 0 Å². The van der Waals surface area contributed by atoms with Gasteiger partial charge in [0, 0.05) is 5.56 Å². The van der Waals surface area contributed by atoms with Gasteiger partial charge in [-0.15, -0.1) is 0 Å². The molecule has 2 aromatic rings. The lowest BCUT2D eigenvalue weighted by atomic mass is 10.0. The zero-order valence-corrected chi connectivity index (χ0v) is 13.8. The Labute approximate surface area is 141 Å². The van der Waals surface area contributed by atoms with Gasteiger partial charge in [0.15, 0.2) is 0 Å². The highest BCUT2D eigenvalue weighted by Gasteiger charge is 2.06. The average molecular weight is 411 g/mol. The molecule has 0 atom stereocenters. The van der Waals surface area contributed by atoms with E-state index in [1.807, 2.05) is 30.3 Å². The van der Waals surface area contributed by atoms with Gasteiger partial charge in [-0.3, -0.25) is 9.59 Å². The van der Waals surface area contributed by atoms with E-state index >= 15 is 0 Å². The Balaban J connectivity index is 2.11. The molecular formula is C16H14INO4. The van der Waals surface area contributed by atoms with Crippen molar-refractivity contribution in [2.75, 3.05) is 13.2 Å². The molecule has 5 nitrogen and oxygen atoms in total. The van der Waals surface area contributed by atoms with Crippen LogP contribution in [0.4, 0.5) is 0 Å². The largest absolute Gasteiger partial charge is 0.489 e. The fourth-order valence-electron chi connectivity index (χ4n) is 1.87. The van der Waals surface area contributed by atoms with Crippen LogP contribution in [0.15, 0.2) is 42.5 Å².